The zero-order valence-electron chi connectivity index (χ0n) is 9.14. The van der Waals surface area contributed by atoms with Crippen LogP contribution >= 0.6 is 11.8 Å². The van der Waals surface area contributed by atoms with Crippen LogP contribution < -0.4 is 0 Å². The van der Waals surface area contributed by atoms with Crippen molar-refractivity contribution in [1.82, 2.24) is 19.7 Å². The van der Waals surface area contributed by atoms with Gasteiger partial charge in [-0.15, -0.1) is 10.2 Å². The lowest BCUT2D eigenvalue weighted by atomic mass is 10.4. The van der Waals surface area contributed by atoms with Gasteiger partial charge in [0.25, 0.3) is 0 Å². The summed E-state index contributed by atoms with van der Waals surface area (Å²) in [5, 5.41) is 9.28. The number of nitrogens with zero attached hydrogens (tertiary/aromatic N) is 4. The Morgan fingerprint density at radius 1 is 1.33 bits per heavy atom. The van der Waals surface area contributed by atoms with E-state index >= 15 is 0 Å². The van der Waals surface area contributed by atoms with Crippen LogP contribution in [0.1, 0.15) is 5.82 Å². The quantitative estimate of drug-likeness (QED) is 0.699. The number of hydrogen-bond acceptors (Lipinski definition) is 5. The Bertz CT molecular complexity index is 322. The molecule has 0 bridgehead atoms. The van der Waals surface area contributed by atoms with Gasteiger partial charge >= 0.3 is 0 Å². The molecular formula is C9H16N4OS. The predicted molar refractivity (Wildman–Crippen MR) is 58.9 cm³/mol. The summed E-state index contributed by atoms with van der Waals surface area (Å²) < 4.78 is 7.36. The van der Waals surface area contributed by atoms with Gasteiger partial charge in [0.05, 0.1) is 19.8 Å². The first kappa shape index (κ1) is 10.9. The van der Waals surface area contributed by atoms with E-state index in [1.54, 1.807) is 11.8 Å². The maximum atomic E-state index is 5.31. The van der Waals surface area contributed by atoms with Gasteiger partial charge in [0.1, 0.15) is 5.82 Å². The Morgan fingerprint density at radius 2 is 2.07 bits per heavy atom. The SMILES string of the molecule is CSc1nnc(CN2CCOCC2)n1C. The van der Waals surface area contributed by atoms with E-state index in [1.807, 2.05) is 13.3 Å². The van der Waals surface area contributed by atoms with E-state index in [9.17, 15) is 0 Å². The highest BCUT2D eigenvalue weighted by atomic mass is 32.2. The fourth-order valence-electron chi connectivity index (χ4n) is 1.62. The second-order valence-corrected chi connectivity index (χ2v) is 4.32. The van der Waals surface area contributed by atoms with Crippen LogP contribution in [0.4, 0.5) is 0 Å². The van der Waals surface area contributed by atoms with Crippen molar-refractivity contribution in [2.24, 2.45) is 7.05 Å². The van der Waals surface area contributed by atoms with E-state index in [2.05, 4.69) is 19.7 Å². The Kier molecular flexibility index (Phi) is 3.61. The Labute approximate surface area is 93.8 Å². The number of ether oxygens (including phenoxy) is 1. The minimum Gasteiger partial charge on any atom is -0.379 e. The standard InChI is InChI=1S/C9H16N4OS/c1-12-8(10-11-9(12)15-2)7-13-3-5-14-6-4-13/h3-7H2,1-2H3. The molecule has 1 aromatic rings. The van der Waals surface area contributed by atoms with Crippen LogP contribution in [0.3, 0.4) is 0 Å². The van der Waals surface area contributed by atoms with Gasteiger partial charge in [-0.25, -0.2) is 0 Å². The topological polar surface area (TPSA) is 43.2 Å². The molecule has 0 aromatic carbocycles. The summed E-state index contributed by atoms with van der Waals surface area (Å²) in [6.07, 6.45) is 2.02. The van der Waals surface area contributed by atoms with Gasteiger partial charge in [-0.05, 0) is 6.26 Å². The average Bonchev–Trinajstić information content (AvgIpc) is 2.62. The number of aromatic nitrogens is 3. The van der Waals surface area contributed by atoms with Gasteiger partial charge in [-0.1, -0.05) is 11.8 Å². The highest BCUT2D eigenvalue weighted by Gasteiger charge is 2.14. The maximum absolute atomic E-state index is 5.31. The molecule has 0 aliphatic carbocycles. The van der Waals surface area contributed by atoms with Crippen LogP contribution in [0.25, 0.3) is 0 Å². The number of thioether (sulfide) groups is 1. The largest absolute Gasteiger partial charge is 0.379 e. The minimum atomic E-state index is 0.827. The number of hydrogen-bond donors (Lipinski definition) is 0. The van der Waals surface area contributed by atoms with Crippen LogP contribution in [-0.4, -0.2) is 52.2 Å². The highest BCUT2D eigenvalue weighted by molar-refractivity contribution is 7.98. The van der Waals surface area contributed by atoms with Crippen molar-refractivity contribution in [3.63, 3.8) is 0 Å². The molecule has 0 unspecified atom stereocenters. The molecule has 2 heterocycles. The summed E-state index contributed by atoms with van der Waals surface area (Å²) in [5.41, 5.74) is 0. The lowest BCUT2D eigenvalue weighted by molar-refractivity contribution is 0.0326. The maximum Gasteiger partial charge on any atom is 0.190 e. The van der Waals surface area contributed by atoms with E-state index in [-0.39, 0.29) is 0 Å². The third-order valence-corrected chi connectivity index (χ3v) is 3.30. The monoisotopic (exact) mass is 228 g/mol. The Hall–Kier alpha value is -0.590. The van der Waals surface area contributed by atoms with E-state index in [4.69, 9.17) is 4.74 Å². The summed E-state index contributed by atoms with van der Waals surface area (Å²) in [6.45, 7) is 4.50. The first-order valence-corrected chi connectivity index (χ1v) is 6.26. The fraction of sp³-hybridized carbons (Fsp3) is 0.778. The normalized spacial score (nSPS) is 18.3. The highest BCUT2D eigenvalue weighted by Crippen LogP contribution is 2.13. The molecule has 0 amide bonds. The van der Waals surface area contributed by atoms with Crippen molar-refractivity contribution < 1.29 is 4.74 Å². The molecule has 1 fully saturated rings. The van der Waals surface area contributed by atoms with Crippen molar-refractivity contribution in [2.45, 2.75) is 11.7 Å². The van der Waals surface area contributed by atoms with E-state index in [0.717, 1.165) is 43.8 Å². The molecule has 0 spiro atoms. The van der Waals surface area contributed by atoms with Gasteiger partial charge in [0.2, 0.25) is 0 Å². The average molecular weight is 228 g/mol. The fourth-order valence-corrected chi connectivity index (χ4v) is 2.12. The van der Waals surface area contributed by atoms with Crippen molar-refractivity contribution in [2.75, 3.05) is 32.6 Å². The molecule has 0 atom stereocenters. The minimum absolute atomic E-state index is 0.827. The van der Waals surface area contributed by atoms with Crippen LogP contribution in [-0.2, 0) is 18.3 Å². The smallest absolute Gasteiger partial charge is 0.190 e. The van der Waals surface area contributed by atoms with Crippen molar-refractivity contribution in [1.29, 1.82) is 0 Å². The summed E-state index contributed by atoms with van der Waals surface area (Å²) in [5.74, 6) is 1.03. The molecule has 15 heavy (non-hydrogen) atoms. The van der Waals surface area contributed by atoms with Crippen molar-refractivity contribution in [3.05, 3.63) is 5.82 Å². The summed E-state index contributed by atoms with van der Waals surface area (Å²) >= 11 is 1.62. The molecular weight excluding hydrogens is 212 g/mol. The molecule has 1 aliphatic heterocycles. The van der Waals surface area contributed by atoms with Gasteiger partial charge in [0.15, 0.2) is 5.16 Å². The van der Waals surface area contributed by atoms with Gasteiger partial charge in [-0.2, -0.15) is 0 Å². The summed E-state index contributed by atoms with van der Waals surface area (Å²) in [6, 6.07) is 0. The summed E-state index contributed by atoms with van der Waals surface area (Å²) in [4.78, 5) is 2.34. The first-order chi connectivity index (χ1) is 7.31. The lowest BCUT2D eigenvalue weighted by Crippen LogP contribution is -2.36. The molecule has 0 N–H and O–H groups in total. The number of morpholine rings is 1. The molecule has 5 nitrogen and oxygen atoms in total. The summed E-state index contributed by atoms with van der Waals surface area (Å²) in [7, 11) is 2.02. The van der Waals surface area contributed by atoms with Gasteiger partial charge < -0.3 is 9.30 Å². The molecule has 1 saturated heterocycles. The third kappa shape index (κ3) is 2.50. The lowest BCUT2D eigenvalue weighted by Gasteiger charge is -2.25. The van der Waals surface area contributed by atoms with Crippen molar-refractivity contribution >= 4 is 11.8 Å². The van der Waals surface area contributed by atoms with Crippen LogP contribution in [0, 0.1) is 0 Å². The Balaban J connectivity index is 2.00. The molecule has 1 aliphatic rings. The Morgan fingerprint density at radius 3 is 2.67 bits per heavy atom. The molecule has 2 rings (SSSR count). The van der Waals surface area contributed by atoms with Gasteiger partial charge in [-0.3, -0.25) is 4.90 Å². The number of rotatable bonds is 3. The van der Waals surface area contributed by atoms with Crippen LogP contribution in [0.2, 0.25) is 0 Å². The van der Waals surface area contributed by atoms with E-state index < -0.39 is 0 Å². The van der Waals surface area contributed by atoms with E-state index in [0.29, 0.717) is 0 Å². The predicted octanol–water partition coefficient (Wildman–Crippen LogP) is 0.369. The van der Waals surface area contributed by atoms with Crippen molar-refractivity contribution in [3.8, 4) is 0 Å². The third-order valence-electron chi connectivity index (χ3n) is 2.58. The van der Waals surface area contributed by atoms with Crippen LogP contribution in [0.5, 0.6) is 0 Å². The second-order valence-electron chi connectivity index (χ2n) is 3.55. The first-order valence-electron chi connectivity index (χ1n) is 5.03. The van der Waals surface area contributed by atoms with Crippen LogP contribution in [0.15, 0.2) is 5.16 Å². The van der Waals surface area contributed by atoms with Gasteiger partial charge in [0, 0.05) is 20.1 Å². The zero-order chi connectivity index (χ0) is 10.7. The molecule has 1 aromatic heterocycles. The molecule has 0 saturated carbocycles. The molecule has 0 radical (unpaired) electrons. The second kappa shape index (κ2) is 4.96. The van der Waals surface area contributed by atoms with E-state index in [1.165, 1.54) is 0 Å². The zero-order valence-corrected chi connectivity index (χ0v) is 9.96. The molecule has 6 heteroatoms. The molecule has 84 valence electrons.